The minimum atomic E-state index is 0.236. The lowest BCUT2D eigenvalue weighted by atomic mass is 9.98. The van der Waals surface area contributed by atoms with Crippen molar-refractivity contribution in [1.29, 1.82) is 0 Å². The molecule has 2 rings (SSSR count). The number of halogens is 1. The molecule has 1 saturated heterocycles. The van der Waals surface area contributed by atoms with Crippen molar-refractivity contribution in [1.82, 2.24) is 0 Å². The molecule has 19 heavy (non-hydrogen) atoms. The van der Waals surface area contributed by atoms with E-state index in [0.29, 0.717) is 6.04 Å². The van der Waals surface area contributed by atoms with Gasteiger partial charge in [-0.25, -0.2) is 0 Å². The largest absolute Gasteiger partial charge is 0.369 e. The Morgan fingerprint density at radius 3 is 2.89 bits per heavy atom. The molecule has 3 heteroatoms. The summed E-state index contributed by atoms with van der Waals surface area (Å²) >= 11 is 6.20. The van der Waals surface area contributed by atoms with E-state index >= 15 is 0 Å². The van der Waals surface area contributed by atoms with E-state index in [9.17, 15) is 0 Å². The van der Waals surface area contributed by atoms with Gasteiger partial charge in [-0.15, -0.1) is 0 Å². The fourth-order valence-electron chi connectivity index (χ4n) is 2.86. The third kappa shape index (κ3) is 3.64. The minimum Gasteiger partial charge on any atom is -0.369 e. The molecule has 1 fully saturated rings. The molecular weight excluding hydrogens is 256 g/mol. The molecule has 106 valence electrons. The lowest BCUT2D eigenvalue weighted by Crippen LogP contribution is -2.38. The highest BCUT2D eigenvalue weighted by Gasteiger charge is 2.21. The van der Waals surface area contributed by atoms with Gasteiger partial charge in [0.1, 0.15) is 0 Å². The Kier molecular flexibility index (Phi) is 5.12. The smallest absolute Gasteiger partial charge is 0.0426 e. The van der Waals surface area contributed by atoms with Crippen molar-refractivity contribution < 1.29 is 0 Å². The molecule has 0 spiro atoms. The second-order valence-corrected chi connectivity index (χ2v) is 6.12. The van der Waals surface area contributed by atoms with Crippen molar-refractivity contribution in [2.45, 2.75) is 58.0 Å². The molecule has 0 amide bonds. The maximum atomic E-state index is 6.20. The van der Waals surface area contributed by atoms with E-state index in [0.717, 1.165) is 24.4 Å². The first kappa shape index (κ1) is 14.7. The molecule has 2 unspecified atom stereocenters. The summed E-state index contributed by atoms with van der Waals surface area (Å²) in [5.74, 6) is 0. The summed E-state index contributed by atoms with van der Waals surface area (Å²) in [6.45, 7) is 5.59. The first-order valence-corrected chi connectivity index (χ1v) is 7.80. The van der Waals surface area contributed by atoms with Crippen LogP contribution in [0.25, 0.3) is 0 Å². The van der Waals surface area contributed by atoms with E-state index in [2.05, 4.69) is 30.9 Å². The summed E-state index contributed by atoms with van der Waals surface area (Å²) in [5, 5.41) is 0.821. The van der Waals surface area contributed by atoms with Gasteiger partial charge >= 0.3 is 0 Å². The van der Waals surface area contributed by atoms with E-state index in [1.807, 2.05) is 6.07 Å². The van der Waals surface area contributed by atoms with Crippen LogP contribution in [-0.4, -0.2) is 18.6 Å². The Hall–Kier alpha value is -0.730. The molecule has 0 bridgehead atoms. The van der Waals surface area contributed by atoms with Crippen molar-refractivity contribution in [2.24, 2.45) is 5.73 Å². The van der Waals surface area contributed by atoms with Gasteiger partial charge in [0, 0.05) is 29.3 Å². The van der Waals surface area contributed by atoms with Crippen LogP contribution in [0.1, 0.15) is 45.1 Å². The van der Waals surface area contributed by atoms with Gasteiger partial charge in [-0.3, -0.25) is 0 Å². The van der Waals surface area contributed by atoms with Crippen molar-refractivity contribution in [2.75, 3.05) is 11.4 Å². The molecule has 1 heterocycles. The third-order valence-electron chi connectivity index (χ3n) is 4.17. The predicted octanol–water partition coefficient (Wildman–Crippen LogP) is 4.00. The fraction of sp³-hybridized carbons (Fsp3) is 0.625. The number of hydrogen-bond acceptors (Lipinski definition) is 2. The van der Waals surface area contributed by atoms with Crippen LogP contribution in [0, 0.1) is 0 Å². The Bertz CT molecular complexity index is 419. The normalized spacial score (nSPS) is 21.5. The molecule has 0 aliphatic carbocycles. The minimum absolute atomic E-state index is 0.236. The summed E-state index contributed by atoms with van der Waals surface area (Å²) in [7, 11) is 0. The van der Waals surface area contributed by atoms with Crippen molar-refractivity contribution in [3.63, 3.8) is 0 Å². The quantitative estimate of drug-likeness (QED) is 0.903. The van der Waals surface area contributed by atoms with E-state index in [-0.39, 0.29) is 6.04 Å². The first-order valence-electron chi connectivity index (χ1n) is 7.42. The van der Waals surface area contributed by atoms with Crippen molar-refractivity contribution in [3.05, 3.63) is 28.8 Å². The van der Waals surface area contributed by atoms with Crippen LogP contribution >= 0.6 is 11.6 Å². The molecule has 1 aromatic carbocycles. The highest BCUT2D eigenvalue weighted by atomic mass is 35.5. The Morgan fingerprint density at radius 2 is 2.21 bits per heavy atom. The van der Waals surface area contributed by atoms with E-state index < -0.39 is 0 Å². The Morgan fingerprint density at radius 1 is 1.42 bits per heavy atom. The summed E-state index contributed by atoms with van der Waals surface area (Å²) in [5.41, 5.74) is 8.76. The Labute approximate surface area is 121 Å². The van der Waals surface area contributed by atoms with E-state index in [1.54, 1.807) is 0 Å². The second kappa shape index (κ2) is 6.62. The number of benzene rings is 1. The average molecular weight is 281 g/mol. The van der Waals surface area contributed by atoms with Crippen LogP contribution in [-0.2, 0) is 6.42 Å². The van der Waals surface area contributed by atoms with Crippen LogP contribution in [0.15, 0.2) is 18.2 Å². The summed E-state index contributed by atoms with van der Waals surface area (Å²) in [4.78, 5) is 2.51. The number of piperidine rings is 1. The summed E-state index contributed by atoms with van der Waals surface area (Å²) in [6.07, 6.45) is 5.83. The maximum Gasteiger partial charge on any atom is 0.0426 e. The highest BCUT2D eigenvalue weighted by molar-refractivity contribution is 6.30. The Balaban J connectivity index is 2.28. The van der Waals surface area contributed by atoms with Gasteiger partial charge in [-0.1, -0.05) is 24.6 Å². The molecule has 0 radical (unpaired) electrons. The lowest BCUT2D eigenvalue weighted by Gasteiger charge is -2.37. The summed E-state index contributed by atoms with van der Waals surface area (Å²) < 4.78 is 0. The second-order valence-electron chi connectivity index (χ2n) is 5.68. The van der Waals surface area contributed by atoms with Crippen LogP contribution in [0.5, 0.6) is 0 Å². The van der Waals surface area contributed by atoms with Gasteiger partial charge < -0.3 is 10.6 Å². The molecule has 0 aromatic heterocycles. The van der Waals surface area contributed by atoms with Gasteiger partial charge in [0.2, 0.25) is 0 Å². The van der Waals surface area contributed by atoms with Gasteiger partial charge in [-0.05, 0) is 56.7 Å². The molecule has 2 N–H and O–H groups in total. The highest BCUT2D eigenvalue weighted by Crippen LogP contribution is 2.31. The molecule has 1 aliphatic rings. The molecule has 0 saturated carbocycles. The molecule has 1 aliphatic heterocycles. The van der Waals surface area contributed by atoms with Crippen molar-refractivity contribution >= 4 is 17.3 Å². The SMILES string of the molecule is CCC(N)Cc1ccc(Cl)cc1N1CCCCC1C. The predicted molar refractivity (Wildman–Crippen MR) is 84.1 cm³/mol. The van der Waals surface area contributed by atoms with Crippen LogP contribution in [0.4, 0.5) is 5.69 Å². The molecule has 1 aromatic rings. The zero-order chi connectivity index (χ0) is 13.8. The van der Waals surface area contributed by atoms with Crippen LogP contribution in [0.2, 0.25) is 5.02 Å². The monoisotopic (exact) mass is 280 g/mol. The standard InChI is InChI=1S/C16H25ClN2/c1-3-15(18)10-13-7-8-14(17)11-16(13)19-9-5-4-6-12(19)2/h7-8,11-12,15H,3-6,9-10,18H2,1-2H3. The van der Waals surface area contributed by atoms with E-state index in [1.165, 1.54) is 30.5 Å². The molecule has 2 nitrogen and oxygen atoms in total. The first-order chi connectivity index (χ1) is 9.11. The molecular formula is C16H25ClN2. The summed E-state index contributed by atoms with van der Waals surface area (Å²) in [6, 6.07) is 7.08. The number of hydrogen-bond donors (Lipinski definition) is 1. The van der Waals surface area contributed by atoms with Crippen LogP contribution < -0.4 is 10.6 Å². The average Bonchev–Trinajstić information content (AvgIpc) is 2.41. The van der Waals surface area contributed by atoms with Gasteiger partial charge in [0.05, 0.1) is 0 Å². The molecule has 2 atom stereocenters. The zero-order valence-electron chi connectivity index (χ0n) is 12.0. The van der Waals surface area contributed by atoms with Gasteiger partial charge in [0.15, 0.2) is 0 Å². The van der Waals surface area contributed by atoms with Crippen LogP contribution in [0.3, 0.4) is 0 Å². The maximum absolute atomic E-state index is 6.20. The lowest BCUT2D eigenvalue weighted by molar-refractivity contribution is 0.483. The fourth-order valence-corrected chi connectivity index (χ4v) is 3.03. The third-order valence-corrected chi connectivity index (χ3v) is 4.40. The van der Waals surface area contributed by atoms with Gasteiger partial charge in [0.25, 0.3) is 0 Å². The number of nitrogens with two attached hydrogens (primary N) is 1. The zero-order valence-corrected chi connectivity index (χ0v) is 12.8. The number of rotatable bonds is 4. The van der Waals surface area contributed by atoms with E-state index in [4.69, 9.17) is 17.3 Å². The number of anilines is 1. The van der Waals surface area contributed by atoms with Crippen molar-refractivity contribution in [3.8, 4) is 0 Å². The number of nitrogens with zero attached hydrogens (tertiary/aromatic N) is 1. The van der Waals surface area contributed by atoms with Gasteiger partial charge in [-0.2, -0.15) is 0 Å². The topological polar surface area (TPSA) is 29.3 Å².